The normalized spacial score (nSPS) is 11.2. The predicted molar refractivity (Wildman–Crippen MR) is 343 cm³/mol. The molecule has 6 heteroatoms. The molecule has 0 spiro atoms. The zero-order chi connectivity index (χ0) is 58.1. The zero-order valence-corrected chi connectivity index (χ0v) is 62.7. The van der Waals surface area contributed by atoms with Crippen molar-refractivity contribution >= 4 is 54.0 Å². The molecule has 0 amide bonds. The van der Waals surface area contributed by atoms with Crippen molar-refractivity contribution in [2.24, 2.45) is 0 Å². The Kier molecular flexibility index (Phi) is 31.2. The molecule has 0 nitrogen and oxygen atoms in total. The summed E-state index contributed by atoms with van der Waals surface area (Å²) in [6, 6.07) is 27.4. The summed E-state index contributed by atoms with van der Waals surface area (Å²) in [7, 11) is 0. The third kappa shape index (κ3) is 18.6. The van der Waals surface area contributed by atoms with Crippen molar-refractivity contribution in [3.63, 3.8) is 0 Å². The average Bonchev–Trinajstić information content (AvgIpc) is 4.03. The van der Waals surface area contributed by atoms with Crippen LogP contribution in [0, 0.1) is 83.1 Å². The monoisotopic (exact) mass is 1270 g/mol. The molecule has 0 saturated heterocycles. The number of rotatable bonds is 8. The molecule has 0 unspecified atom stereocenters. The van der Waals surface area contributed by atoms with Gasteiger partial charge in [-0.05, 0) is 23.7 Å². The van der Waals surface area contributed by atoms with Gasteiger partial charge in [0.25, 0.3) is 0 Å². The van der Waals surface area contributed by atoms with Gasteiger partial charge in [-0.1, -0.05) is 185 Å². The van der Waals surface area contributed by atoms with E-state index in [0.717, 1.165) is 22.2 Å². The van der Waals surface area contributed by atoms with Crippen LogP contribution in [-0.2, 0) is 46.7 Å². The first-order valence-electron chi connectivity index (χ1n) is 29.0. The van der Waals surface area contributed by atoms with Gasteiger partial charge in [0.15, 0.2) is 0 Å². The molecule has 0 atom stereocenters. The van der Waals surface area contributed by atoms with Crippen molar-refractivity contribution in [3.8, 4) is 0 Å². The topological polar surface area (TPSA) is 0 Å². The molecule has 8 aromatic rings. The zero-order valence-electron chi connectivity index (χ0n) is 54.3. The van der Waals surface area contributed by atoms with Crippen LogP contribution in [0.1, 0.15) is 223 Å². The van der Waals surface area contributed by atoms with Gasteiger partial charge < -0.3 is 24.8 Å². The molecule has 0 fully saturated rings. The molecule has 0 heterocycles. The fourth-order valence-electron chi connectivity index (χ4n) is 10.7. The van der Waals surface area contributed by atoms with E-state index in [0.29, 0.717) is 23.7 Å². The molecule has 78 heavy (non-hydrogen) atoms. The smallest absolute Gasteiger partial charge is 0.0308 e. The summed E-state index contributed by atoms with van der Waals surface area (Å²) in [6.45, 7) is 63.5. The standard InChI is InChI=1S/4C15H19.2C6H14Si.2ClH.2Zr/c4*1-9(2)13-7-6-10(3)14-8-11(4)12(5)15(13)14;2*1-5(2)7-6(3)4;;;;/h4*6-9H,1-5H3;2*5-6H,1-4H3;2*1H;;/q4*-1;;;;;2*+2/p-2. The minimum Gasteiger partial charge on any atom is -1.00 e. The Balaban J connectivity index is 0.000000474. The van der Waals surface area contributed by atoms with Crippen LogP contribution in [0.25, 0.3) is 43.1 Å². The Morgan fingerprint density at radius 1 is 0.282 bits per heavy atom. The van der Waals surface area contributed by atoms with Crippen LogP contribution in [0.3, 0.4) is 0 Å². The van der Waals surface area contributed by atoms with Crippen LogP contribution in [0.4, 0.5) is 0 Å². The van der Waals surface area contributed by atoms with E-state index in [2.05, 4.69) is 267 Å². The minimum absolute atomic E-state index is 0. The molecule has 0 saturated carbocycles. The Morgan fingerprint density at radius 3 is 0.551 bits per heavy atom. The number of hydrogen-bond donors (Lipinski definition) is 0. The quantitative estimate of drug-likeness (QED) is 0.105. The van der Waals surface area contributed by atoms with Gasteiger partial charge in [0.05, 0.1) is 0 Å². The van der Waals surface area contributed by atoms with E-state index >= 15 is 0 Å². The summed E-state index contributed by atoms with van der Waals surface area (Å²) in [4.78, 5) is 0. The number of hydrogen-bond acceptors (Lipinski definition) is 0. The van der Waals surface area contributed by atoms with E-state index in [1.807, 2.05) is 0 Å². The molecule has 8 aromatic carbocycles. The molecule has 8 rings (SSSR count). The van der Waals surface area contributed by atoms with Crippen molar-refractivity contribution in [1.29, 1.82) is 0 Å². The van der Waals surface area contributed by atoms with Gasteiger partial charge in [-0.15, -0.1) is 136 Å². The van der Waals surface area contributed by atoms with E-state index in [1.165, 1.54) is 132 Å². The maximum atomic E-state index is 2.35. The van der Waals surface area contributed by atoms with Crippen LogP contribution >= 0.6 is 0 Å². The molecule has 0 aromatic heterocycles. The van der Waals surface area contributed by atoms with Crippen molar-refractivity contribution in [2.75, 3.05) is 0 Å². The molecule has 424 valence electrons. The maximum Gasteiger partial charge on any atom is -0.0308 e. The summed E-state index contributed by atoms with van der Waals surface area (Å²) in [5.74, 6) is 2.42. The van der Waals surface area contributed by atoms with Gasteiger partial charge in [-0.3, -0.25) is 0 Å². The summed E-state index contributed by atoms with van der Waals surface area (Å²) < 4.78 is 0. The van der Waals surface area contributed by atoms with Crippen molar-refractivity contribution in [3.05, 3.63) is 162 Å². The van der Waals surface area contributed by atoms with Gasteiger partial charge in [0.2, 0.25) is 0 Å². The first-order valence-corrected chi connectivity index (χ1v) is 39.7. The van der Waals surface area contributed by atoms with Gasteiger partial charge in [-0.2, -0.15) is 22.3 Å². The Bertz CT molecular complexity index is 2790. The fraction of sp³-hybridized carbons (Fsp3) is 0.500. The van der Waals surface area contributed by atoms with Gasteiger partial charge in [0, 0.05) is 0 Å². The Morgan fingerprint density at radius 2 is 0.436 bits per heavy atom. The average molecular weight is 1280 g/mol. The predicted octanol–water partition coefficient (Wildman–Crippen LogP) is 17.1. The first-order chi connectivity index (χ1) is 35.2. The third-order valence-corrected chi connectivity index (χ3v) is 38.3. The van der Waals surface area contributed by atoms with E-state index < -0.39 is 0 Å². The van der Waals surface area contributed by atoms with E-state index in [4.69, 9.17) is 0 Å². The van der Waals surface area contributed by atoms with Crippen LogP contribution in [0.15, 0.2) is 72.8 Å². The minimum atomic E-state index is 0. The summed E-state index contributed by atoms with van der Waals surface area (Å²) >= 11 is 3.59. The molecule has 0 N–H and O–H groups in total. The van der Waals surface area contributed by atoms with Crippen molar-refractivity contribution in [2.45, 2.75) is 240 Å². The van der Waals surface area contributed by atoms with E-state index in [-0.39, 0.29) is 35.7 Å². The van der Waals surface area contributed by atoms with Crippen LogP contribution in [0.2, 0.25) is 22.2 Å². The molecule has 0 aliphatic rings. The van der Waals surface area contributed by atoms with Crippen LogP contribution in [-0.4, -0.2) is 10.9 Å². The molecular weight excluding hydrogens is 1170 g/mol. The molecule has 0 radical (unpaired) electrons. The first kappa shape index (κ1) is 74.1. The van der Waals surface area contributed by atoms with E-state index in [9.17, 15) is 0 Å². The second-order valence-electron chi connectivity index (χ2n) is 25.0. The molecule has 0 aliphatic carbocycles. The summed E-state index contributed by atoms with van der Waals surface area (Å²) in [6.07, 6.45) is 0. The second kappa shape index (κ2) is 32.8. The summed E-state index contributed by atoms with van der Waals surface area (Å²) in [5.41, 5.74) is 27.1. The fourth-order valence-corrected chi connectivity index (χ4v) is 13.4. The van der Waals surface area contributed by atoms with Gasteiger partial charge >= 0.3 is 135 Å². The Hall–Kier alpha value is -1.90. The largest absolute Gasteiger partial charge is 1.00 e. The van der Waals surface area contributed by atoms with Crippen molar-refractivity contribution < 1.29 is 71.5 Å². The number of halogens is 2. The Labute approximate surface area is 521 Å². The number of fused-ring (bicyclic) bond motifs is 4. The third-order valence-electron chi connectivity index (χ3n) is 16.3. The van der Waals surface area contributed by atoms with Gasteiger partial charge in [0.1, 0.15) is 0 Å². The van der Waals surface area contributed by atoms with Crippen LogP contribution in [0.5, 0.6) is 0 Å². The maximum absolute atomic E-state index is 2.35. The SMILES string of the molecule is CC(C)[Si](=[Zr+2])C(C)C.CC(C)[Si](=[Zr+2])C(C)C.Cc1[cH-]c2c(C)ccc(C(C)C)c2c1C.Cc1[cH-]c2c(C)ccc(C(C)C)c2c1C.Cc1[cH-]c2c(C)ccc(C(C)C)c2c1C.Cc1[cH-]c2c(C)ccc(C(C)C)c2c1C.[Cl-].[Cl-]. The number of benzene rings is 4. The molecule has 0 bridgehead atoms. The van der Waals surface area contributed by atoms with Crippen LogP contribution < -0.4 is 24.8 Å². The summed E-state index contributed by atoms with van der Waals surface area (Å²) in [5, 5.41) is 11.7. The molecule has 0 aliphatic heterocycles. The molecular formula is C72H104Cl2Si2Zr2-2. The van der Waals surface area contributed by atoms with E-state index in [1.54, 1.807) is 46.7 Å². The van der Waals surface area contributed by atoms with Gasteiger partial charge in [-0.25, -0.2) is 0 Å². The van der Waals surface area contributed by atoms with Crippen molar-refractivity contribution in [1.82, 2.24) is 0 Å². The second-order valence-corrected chi connectivity index (χ2v) is 40.0. The number of aryl methyl sites for hydroxylation is 12.